The fraction of sp³-hybridized carbons (Fsp3) is 0.421. The van der Waals surface area contributed by atoms with E-state index in [1.807, 2.05) is 6.92 Å². The van der Waals surface area contributed by atoms with Gasteiger partial charge in [0.25, 0.3) is 11.8 Å². The van der Waals surface area contributed by atoms with Gasteiger partial charge in [-0.2, -0.15) is 13.2 Å². The largest absolute Gasteiger partial charge is 0.418 e. The Balaban J connectivity index is 1.93. The molecule has 0 unspecified atom stereocenters. The van der Waals surface area contributed by atoms with E-state index < -0.39 is 17.6 Å². The topological polar surface area (TPSA) is 76.0 Å². The van der Waals surface area contributed by atoms with E-state index in [4.69, 9.17) is 0 Å². The molecule has 0 spiro atoms. The van der Waals surface area contributed by atoms with Crippen LogP contribution in [0.4, 0.5) is 18.9 Å². The zero-order valence-corrected chi connectivity index (χ0v) is 15.4. The summed E-state index contributed by atoms with van der Waals surface area (Å²) in [7, 11) is 0. The van der Waals surface area contributed by atoms with Gasteiger partial charge in [-0.05, 0) is 37.8 Å². The van der Waals surface area contributed by atoms with Gasteiger partial charge in [-0.3, -0.25) is 9.59 Å². The van der Waals surface area contributed by atoms with E-state index in [2.05, 4.69) is 15.6 Å². The van der Waals surface area contributed by atoms with Crippen LogP contribution >= 0.6 is 0 Å². The van der Waals surface area contributed by atoms with Crippen molar-refractivity contribution in [2.24, 2.45) is 0 Å². The lowest BCUT2D eigenvalue weighted by molar-refractivity contribution is -0.136. The number of hydrogen-bond donors (Lipinski definition) is 2. The molecule has 2 aromatic rings. The maximum atomic E-state index is 13.2. The standard InChI is InChI=1S/C19H21F3N4O2/c1-2-10-23-17(27)15-14-9-5-6-11-26(14)16(25-15)18(28)24-13-8-4-3-7-12(13)19(20,21)22/h3-4,7-8H,2,5-6,9-11H2,1H3,(H,23,27)(H,24,28). The number of alkyl halides is 3. The second-order valence-corrected chi connectivity index (χ2v) is 6.59. The first-order valence-corrected chi connectivity index (χ1v) is 9.18. The van der Waals surface area contributed by atoms with E-state index >= 15 is 0 Å². The Morgan fingerprint density at radius 1 is 1.18 bits per heavy atom. The number of fused-ring (bicyclic) bond motifs is 1. The smallest absolute Gasteiger partial charge is 0.351 e. The summed E-state index contributed by atoms with van der Waals surface area (Å²) in [5.41, 5.74) is -0.462. The first kappa shape index (κ1) is 19.9. The number of imidazole rings is 1. The lowest BCUT2D eigenvalue weighted by Gasteiger charge is -2.17. The van der Waals surface area contributed by atoms with Crippen molar-refractivity contribution in [3.63, 3.8) is 0 Å². The first-order chi connectivity index (χ1) is 13.3. The summed E-state index contributed by atoms with van der Waals surface area (Å²) < 4.78 is 41.2. The first-order valence-electron chi connectivity index (χ1n) is 9.18. The number of aromatic nitrogens is 2. The van der Waals surface area contributed by atoms with E-state index in [0.717, 1.165) is 25.3 Å². The molecule has 1 aliphatic rings. The molecule has 28 heavy (non-hydrogen) atoms. The summed E-state index contributed by atoms with van der Waals surface area (Å²) in [5.74, 6) is -1.19. The molecule has 0 fully saturated rings. The van der Waals surface area contributed by atoms with Crippen LogP contribution in [0.25, 0.3) is 0 Å². The van der Waals surface area contributed by atoms with Crippen molar-refractivity contribution >= 4 is 17.5 Å². The zero-order valence-electron chi connectivity index (χ0n) is 15.4. The molecule has 3 rings (SSSR count). The third-order valence-electron chi connectivity index (χ3n) is 4.55. The molecule has 0 aliphatic carbocycles. The Bertz CT molecular complexity index is 890. The average Bonchev–Trinajstić information content (AvgIpc) is 3.05. The number of benzene rings is 1. The van der Waals surface area contributed by atoms with E-state index in [9.17, 15) is 22.8 Å². The van der Waals surface area contributed by atoms with Crippen LogP contribution < -0.4 is 10.6 Å². The minimum Gasteiger partial charge on any atom is -0.351 e. The summed E-state index contributed by atoms with van der Waals surface area (Å²) in [4.78, 5) is 29.3. The Morgan fingerprint density at radius 2 is 1.93 bits per heavy atom. The second kappa shape index (κ2) is 8.04. The highest BCUT2D eigenvalue weighted by Crippen LogP contribution is 2.34. The van der Waals surface area contributed by atoms with Crippen molar-refractivity contribution in [1.29, 1.82) is 0 Å². The van der Waals surface area contributed by atoms with Gasteiger partial charge in [0.05, 0.1) is 16.9 Å². The van der Waals surface area contributed by atoms with Crippen LogP contribution in [0.15, 0.2) is 24.3 Å². The summed E-state index contributed by atoms with van der Waals surface area (Å²) in [6, 6.07) is 4.76. The number of halogens is 3. The molecule has 2 amide bonds. The number of carbonyl (C=O) groups is 2. The third-order valence-corrected chi connectivity index (χ3v) is 4.55. The molecule has 150 valence electrons. The van der Waals surface area contributed by atoms with E-state index in [0.29, 0.717) is 25.2 Å². The minimum atomic E-state index is -4.60. The van der Waals surface area contributed by atoms with Crippen LogP contribution in [0.1, 0.15) is 58.6 Å². The Hall–Kier alpha value is -2.84. The van der Waals surface area contributed by atoms with Crippen LogP contribution in [0.5, 0.6) is 0 Å². The molecule has 9 heteroatoms. The molecule has 1 aliphatic heterocycles. The number of anilines is 1. The zero-order chi connectivity index (χ0) is 20.3. The van der Waals surface area contributed by atoms with Crippen molar-refractivity contribution in [2.45, 2.75) is 45.3 Å². The van der Waals surface area contributed by atoms with Gasteiger partial charge >= 0.3 is 6.18 Å². The van der Waals surface area contributed by atoms with Crippen molar-refractivity contribution in [3.05, 3.63) is 47.0 Å². The molecule has 0 saturated carbocycles. The van der Waals surface area contributed by atoms with Gasteiger partial charge in [0.15, 0.2) is 5.82 Å². The Kier molecular flexibility index (Phi) is 5.71. The van der Waals surface area contributed by atoms with Crippen LogP contribution in [0.3, 0.4) is 0 Å². The lowest BCUT2D eigenvalue weighted by atomic mass is 10.1. The molecule has 0 radical (unpaired) electrons. The predicted molar refractivity (Wildman–Crippen MR) is 97.2 cm³/mol. The van der Waals surface area contributed by atoms with E-state index in [-0.39, 0.29) is 23.1 Å². The number of nitrogens with zero attached hydrogens (tertiary/aromatic N) is 2. The summed E-state index contributed by atoms with van der Waals surface area (Å²) in [6.45, 7) is 2.89. The summed E-state index contributed by atoms with van der Waals surface area (Å²) in [5, 5.41) is 5.04. The predicted octanol–water partition coefficient (Wildman–Crippen LogP) is 3.63. The molecule has 1 aromatic heterocycles. The van der Waals surface area contributed by atoms with E-state index in [1.165, 1.54) is 18.2 Å². The van der Waals surface area contributed by atoms with Crippen molar-refractivity contribution in [2.75, 3.05) is 11.9 Å². The van der Waals surface area contributed by atoms with Crippen LogP contribution in [-0.4, -0.2) is 27.9 Å². The molecule has 2 heterocycles. The summed E-state index contributed by atoms with van der Waals surface area (Å²) in [6.07, 6.45) is -1.59. The van der Waals surface area contributed by atoms with Gasteiger partial charge < -0.3 is 15.2 Å². The van der Waals surface area contributed by atoms with Crippen LogP contribution in [0, 0.1) is 0 Å². The molecular formula is C19H21F3N4O2. The Morgan fingerprint density at radius 3 is 2.64 bits per heavy atom. The number of amides is 2. The van der Waals surface area contributed by atoms with Crippen molar-refractivity contribution in [1.82, 2.24) is 14.9 Å². The highest BCUT2D eigenvalue weighted by Gasteiger charge is 2.34. The number of hydrogen-bond acceptors (Lipinski definition) is 3. The summed E-state index contributed by atoms with van der Waals surface area (Å²) >= 11 is 0. The molecule has 1 aromatic carbocycles. The highest BCUT2D eigenvalue weighted by atomic mass is 19.4. The SMILES string of the molecule is CCCNC(=O)c1nc(C(=O)Nc2ccccc2C(F)(F)F)n2c1CCCC2. The highest BCUT2D eigenvalue weighted by molar-refractivity contribution is 6.04. The fourth-order valence-corrected chi connectivity index (χ4v) is 3.24. The van der Waals surface area contributed by atoms with Gasteiger partial charge in [-0.25, -0.2) is 4.98 Å². The minimum absolute atomic E-state index is 0.0478. The molecule has 0 bridgehead atoms. The molecule has 0 atom stereocenters. The van der Waals surface area contributed by atoms with Crippen molar-refractivity contribution < 1.29 is 22.8 Å². The molecule has 2 N–H and O–H groups in total. The van der Waals surface area contributed by atoms with Crippen molar-refractivity contribution in [3.8, 4) is 0 Å². The normalized spacial score (nSPS) is 13.7. The van der Waals surface area contributed by atoms with Gasteiger partial charge in [0, 0.05) is 13.1 Å². The second-order valence-electron chi connectivity index (χ2n) is 6.59. The Labute approximate surface area is 160 Å². The molecule has 6 nitrogen and oxygen atoms in total. The maximum Gasteiger partial charge on any atom is 0.418 e. The van der Waals surface area contributed by atoms with Gasteiger partial charge in [0.1, 0.15) is 5.69 Å². The van der Waals surface area contributed by atoms with Gasteiger partial charge in [0.2, 0.25) is 0 Å². The van der Waals surface area contributed by atoms with Gasteiger partial charge in [-0.15, -0.1) is 0 Å². The molecular weight excluding hydrogens is 373 g/mol. The number of para-hydroxylation sites is 1. The van der Waals surface area contributed by atoms with Gasteiger partial charge in [-0.1, -0.05) is 19.1 Å². The maximum absolute atomic E-state index is 13.2. The quantitative estimate of drug-likeness (QED) is 0.813. The lowest BCUT2D eigenvalue weighted by Crippen LogP contribution is -2.26. The fourth-order valence-electron chi connectivity index (χ4n) is 3.24. The number of carbonyl (C=O) groups excluding carboxylic acids is 2. The number of rotatable bonds is 5. The van der Waals surface area contributed by atoms with Crippen LogP contribution in [-0.2, 0) is 19.1 Å². The van der Waals surface area contributed by atoms with E-state index in [1.54, 1.807) is 4.57 Å². The number of nitrogens with one attached hydrogen (secondary N) is 2. The van der Waals surface area contributed by atoms with Crippen LogP contribution in [0.2, 0.25) is 0 Å². The average molecular weight is 394 g/mol. The monoisotopic (exact) mass is 394 g/mol. The third kappa shape index (κ3) is 4.02. The molecule has 0 saturated heterocycles.